The van der Waals surface area contributed by atoms with Gasteiger partial charge in [-0.25, -0.2) is 4.98 Å². The minimum atomic E-state index is -0.355. The number of nitrogens with zero attached hydrogens (tertiary/aromatic N) is 4. The van der Waals surface area contributed by atoms with Crippen LogP contribution in [0.3, 0.4) is 0 Å². The molecule has 0 radical (unpaired) electrons. The van der Waals surface area contributed by atoms with Gasteiger partial charge in [-0.3, -0.25) is 19.5 Å². The average molecular weight is 342 g/mol. The van der Waals surface area contributed by atoms with Crippen molar-refractivity contribution in [1.29, 1.82) is 0 Å². The molecule has 0 aromatic carbocycles. The van der Waals surface area contributed by atoms with E-state index in [0.717, 1.165) is 36.7 Å². The van der Waals surface area contributed by atoms with Gasteiger partial charge in [-0.05, 0) is 19.3 Å². The Labute approximate surface area is 143 Å². The number of nitrogens with one attached hydrogen (secondary N) is 2. The van der Waals surface area contributed by atoms with Gasteiger partial charge in [0, 0.05) is 37.6 Å². The Kier molecular flexibility index (Phi) is 3.63. The van der Waals surface area contributed by atoms with E-state index >= 15 is 0 Å². The van der Waals surface area contributed by atoms with Gasteiger partial charge >= 0.3 is 0 Å². The number of amides is 2. The number of H-pyrrole nitrogens is 2. The van der Waals surface area contributed by atoms with Crippen molar-refractivity contribution < 1.29 is 9.59 Å². The lowest BCUT2D eigenvalue weighted by Crippen LogP contribution is -2.61. The van der Waals surface area contributed by atoms with E-state index in [4.69, 9.17) is 0 Å². The zero-order valence-corrected chi connectivity index (χ0v) is 13.8. The first-order valence-corrected chi connectivity index (χ1v) is 8.22. The topological polar surface area (TPSA) is 115 Å². The summed E-state index contributed by atoms with van der Waals surface area (Å²) in [6.45, 7) is 0.929. The van der Waals surface area contributed by atoms with E-state index in [2.05, 4.69) is 20.2 Å². The lowest BCUT2D eigenvalue weighted by molar-refractivity contribution is 0.0289. The Balaban J connectivity index is 1.39. The van der Waals surface area contributed by atoms with Crippen LogP contribution in [0.2, 0.25) is 0 Å². The number of likely N-dealkylation sites (tertiary alicyclic amines) is 1. The molecule has 2 aromatic rings. The van der Waals surface area contributed by atoms with Crippen LogP contribution in [0, 0.1) is 0 Å². The minimum Gasteiger partial charge on any atom is -0.334 e. The Morgan fingerprint density at radius 1 is 1.32 bits per heavy atom. The standard InChI is InChI=1S/C16H18N6O3/c1-21(15(24)12-5-18-13(23)6-17-12)9-7-22(8-9)16(25)14-10-3-2-4-11(10)19-20-14/h5-6,9H,2-4,7-8H2,1H3,(H,18,23)(H,19,20). The van der Waals surface area contributed by atoms with Crippen LogP contribution in [0.15, 0.2) is 17.2 Å². The molecule has 0 bridgehead atoms. The van der Waals surface area contributed by atoms with Gasteiger partial charge < -0.3 is 14.8 Å². The lowest BCUT2D eigenvalue weighted by atomic mass is 10.1. The summed E-state index contributed by atoms with van der Waals surface area (Å²) in [6.07, 6.45) is 5.27. The zero-order valence-electron chi connectivity index (χ0n) is 13.8. The third-order valence-corrected chi connectivity index (χ3v) is 4.92. The molecule has 2 amide bonds. The Hall–Kier alpha value is -2.97. The number of hydrogen-bond donors (Lipinski definition) is 2. The second kappa shape index (κ2) is 5.83. The van der Waals surface area contributed by atoms with Gasteiger partial charge in [-0.2, -0.15) is 5.10 Å². The van der Waals surface area contributed by atoms with Gasteiger partial charge in [0.2, 0.25) is 0 Å². The second-order valence-corrected chi connectivity index (χ2v) is 6.46. The summed E-state index contributed by atoms with van der Waals surface area (Å²) in [6, 6.07) is -0.0721. The molecule has 9 heteroatoms. The number of carbonyl (C=O) groups excluding carboxylic acids is 2. The summed E-state index contributed by atoms with van der Waals surface area (Å²) >= 11 is 0. The predicted octanol–water partition coefficient (Wildman–Crippen LogP) is -0.422. The number of hydrogen-bond acceptors (Lipinski definition) is 5. The maximum atomic E-state index is 12.6. The molecular formula is C16H18N6O3. The second-order valence-electron chi connectivity index (χ2n) is 6.46. The van der Waals surface area contributed by atoms with Gasteiger partial charge in [0.05, 0.1) is 12.2 Å². The average Bonchev–Trinajstić information content (AvgIpc) is 3.16. The third-order valence-electron chi connectivity index (χ3n) is 4.92. The van der Waals surface area contributed by atoms with Gasteiger partial charge in [0.25, 0.3) is 17.4 Å². The van der Waals surface area contributed by atoms with Crippen LogP contribution in [0.1, 0.15) is 38.7 Å². The molecule has 0 saturated carbocycles. The first-order valence-electron chi connectivity index (χ1n) is 8.22. The van der Waals surface area contributed by atoms with Crippen LogP contribution < -0.4 is 5.56 Å². The van der Waals surface area contributed by atoms with Crippen molar-refractivity contribution in [1.82, 2.24) is 30.0 Å². The van der Waals surface area contributed by atoms with Crippen LogP contribution >= 0.6 is 0 Å². The SMILES string of the molecule is CN(C(=O)c1c[nH]c(=O)cn1)C1CN(C(=O)c2n[nH]c3c2CCC3)C1. The number of carbonyl (C=O) groups is 2. The van der Waals surface area contributed by atoms with Gasteiger partial charge in [0.1, 0.15) is 5.69 Å². The zero-order chi connectivity index (χ0) is 17.6. The largest absolute Gasteiger partial charge is 0.334 e. The van der Waals surface area contributed by atoms with Crippen molar-refractivity contribution in [3.63, 3.8) is 0 Å². The van der Waals surface area contributed by atoms with E-state index in [1.165, 1.54) is 6.20 Å². The van der Waals surface area contributed by atoms with E-state index in [0.29, 0.717) is 18.8 Å². The van der Waals surface area contributed by atoms with Crippen LogP contribution in [-0.2, 0) is 12.8 Å². The molecular weight excluding hydrogens is 324 g/mol. The molecule has 1 saturated heterocycles. The summed E-state index contributed by atoms with van der Waals surface area (Å²) in [7, 11) is 1.67. The predicted molar refractivity (Wildman–Crippen MR) is 87.3 cm³/mol. The number of likely N-dealkylation sites (N-methyl/N-ethyl adjacent to an activating group) is 1. The molecule has 1 aliphatic heterocycles. The van der Waals surface area contributed by atoms with Crippen LogP contribution in [0.25, 0.3) is 0 Å². The molecule has 130 valence electrons. The van der Waals surface area contributed by atoms with Crippen LogP contribution in [-0.4, -0.2) is 68.0 Å². The van der Waals surface area contributed by atoms with E-state index in [1.54, 1.807) is 16.8 Å². The summed E-state index contributed by atoms with van der Waals surface area (Å²) in [4.78, 5) is 45.5. The molecule has 1 fully saturated rings. The fourth-order valence-electron chi connectivity index (χ4n) is 3.32. The number of fused-ring (bicyclic) bond motifs is 1. The Morgan fingerprint density at radius 2 is 2.12 bits per heavy atom. The van der Waals surface area contributed by atoms with Gasteiger partial charge in [0.15, 0.2) is 5.69 Å². The van der Waals surface area contributed by atoms with Crippen molar-refractivity contribution >= 4 is 11.8 Å². The first-order chi connectivity index (χ1) is 12.0. The maximum Gasteiger partial charge on any atom is 0.274 e. The maximum absolute atomic E-state index is 12.6. The highest BCUT2D eigenvalue weighted by atomic mass is 16.2. The molecule has 2 aromatic heterocycles. The van der Waals surface area contributed by atoms with E-state index in [-0.39, 0.29) is 29.1 Å². The smallest absolute Gasteiger partial charge is 0.274 e. The highest BCUT2D eigenvalue weighted by Crippen LogP contribution is 2.25. The highest BCUT2D eigenvalue weighted by molar-refractivity contribution is 5.95. The van der Waals surface area contributed by atoms with Gasteiger partial charge in [-0.15, -0.1) is 0 Å². The monoisotopic (exact) mass is 342 g/mol. The molecule has 1 aliphatic carbocycles. The van der Waals surface area contributed by atoms with Gasteiger partial charge in [-0.1, -0.05) is 0 Å². The van der Waals surface area contributed by atoms with E-state index in [9.17, 15) is 14.4 Å². The molecule has 0 spiro atoms. The number of rotatable bonds is 3. The van der Waals surface area contributed by atoms with E-state index in [1.807, 2.05) is 0 Å². The Bertz CT molecular complexity index is 875. The summed E-state index contributed by atoms with van der Waals surface area (Å²) in [5.41, 5.74) is 2.44. The van der Waals surface area contributed by atoms with Crippen LogP contribution in [0.5, 0.6) is 0 Å². The molecule has 9 nitrogen and oxygen atoms in total. The molecule has 0 atom stereocenters. The molecule has 2 N–H and O–H groups in total. The third kappa shape index (κ3) is 2.61. The minimum absolute atomic E-state index is 0.0721. The highest BCUT2D eigenvalue weighted by Gasteiger charge is 2.38. The lowest BCUT2D eigenvalue weighted by Gasteiger charge is -2.43. The number of aromatic amines is 2. The van der Waals surface area contributed by atoms with Crippen LogP contribution in [0.4, 0.5) is 0 Å². The quantitative estimate of drug-likeness (QED) is 0.786. The number of aromatic nitrogens is 4. The van der Waals surface area contributed by atoms with Crippen molar-refractivity contribution in [2.24, 2.45) is 0 Å². The molecule has 3 heterocycles. The molecule has 4 rings (SSSR count). The summed E-state index contributed by atoms with van der Waals surface area (Å²) < 4.78 is 0. The molecule has 2 aliphatic rings. The Morgan fingerprint density at radius 3 is 2.84 bits per heavy atom. The first kappa shape index (κ1) is 15.6. The van der Waals surface area contributed by atoms with Crippen molar-refractivity contribution in [2.45, 2.75) is 25.3 Å². The van der Waals surface area contributed by atoms with Crippen molar-refractivity contribution in [3.05, 3.63) is 45.4 Å². The fourth-order valence-corrected chi connectivity index (χ4v) is 3.32. The fraction of sp³-hybridized carbons (Fsp3) is 0.438. The van der Waals surface area contributed by atoms with Crippen molar-refractivity contribution in [2.75, 3.05) is 20.1 Å². The summed E-state index contributed by atoms with van der Waals surface area (Å²) in [5.74, 6) is -0.368. The number of aryl methyl sites for hydroxylation is 1. The van der Waals surface area contributed by atoms with Crippen molar-refractivity contribution in [3.8, 4) is 0 Å². The summed E-state index contributed by atoms with van der Waals surface area (Å²) in [5, 5.41) is 7.11. The molecule has 25 heavy (non-hydrogen) atoms. The normalized spacial score (nSPS) is 16.4. The van der Waals surface area contributed by atoms with E-state index < -0.39 is 0 Å². The molecule has 0 unspecified atom stereocenters.